The molecule has 1 aliphatic heterocycles. The van der Waals surface area contributed by atoms with E-state index < -0.39 is 0 Å². The molecule has 1 fully saturated rings. The minimum Gasteiger partial charge on any atom is -0.409 e. The van der Waals surface area contributed by atoms with Gasteiger partial charge in [-0.1, -0.05) is 16.8 Å². The average Bonchev–Trinajstić information content (AvgIpc) is 2.83. The number of halogens is 1. The summed E-state index contributed by atoms with van der Waals surface area (Å²) in [5.41, 5.74) is 5.64. The second-order valence-corrected chi connectivity index (χ2v) is 5.85. The third kappa shape index (κ3) is 2.59. The van der Waals surface area contributed by atoms with Gasteiger partial charge < -0.3 is 15.8 Å². The molecule has 0 aliphatic carbocycles. The van der Waals surface area contributed by atoms with Gasteiger partial charge in [0.15, 0.2) is 5.84 Å². The van der Waals surface area contributed by atoms with E-state index in [4.69, 9.17) is 22.5 Å². The Morgan fingerprint density at radius 1 is 1.56 bits per heavy atom. The van der Waals surface area contributed by atoms with Crippen molar-refractivity contribution >= 4 is 34.7 Å². The van der Waals surface area contributed by atoms with Crippen molar-refractivity contribution in [3.05, 3.63) is 21.3 Å². The molecule has 1 amide bonds. The van der Waals surface area contributed by atoms with Crippen LogP contribution in [-0.2, 0) is 0 Å². The van der Waals surface area contributed by atoms with E-state index in [1.54, 1.807) is 17.0 Å². The number of thiophene rings is 1. The second-order valence-electron chi connectivity index (χ2n) is 4.14. The maximum Gasteiger partial charge on any atom is 0.264 e. The zero-order chi connectivity index (χ0) is 13.1. The number of likely N-dealkylation sites (tertiary alicyclic amines) is 1. The van der Waals surface area contributed by atoms with Gasteiger partial charge in [0, 0.05) is 6.54 Å². The number of amidine groups is 1. The fourth-order valence-electron chi connectivity index (χ4n) is 2.12. The van der Waals surface area contributed by atoms with E-state index in [1.807, 2.05) is 0 Å². The Morgan fingerprint density at radius 3 is 2.94 bits per heavy atom. The van der Waals surface area contributed by atoms with E-state index in [0.29, 0.717) is 15.8 Å². The lowest BCUT2D eigenvalue weighted by Gasteiger charge is -2.34. The van der Waals surface area contributed by atoms with Gasteiger partial charge in [-0.2, -0.15) is 0 Å². The van der Waals surface area contributed by atoms with E-state index in [-0.39, 0.29) is 17.8 Å². The minimum atomic E-state index is -0.322. The van der Waals surface area contributed by atoms with Crippen molar-refractivity contribution in [3.8, 4) is 0 Å². The minimum absolute atomic E-state index is 0.0886. The van der Waals surface area contributed by atoms with Crippen LogP contribution in [0.15, 0.2) is 17.3 Å². The third-order valence-corrected chi connectivity index (χ3v) is 4.22. The van der Waals surface area contributed by atoms with Crippen LogP contribution in [0.3, 0.4) is 0 Å². The first-order valence-corrected chi connectivity index (χ1v) is 6.86. The standard InChI is InChI=1S/C11H14ClN3O2S/c12-9-5-4-8(18-9)11(16)15-6-2-1-3-7(15)10(13)14-17/h4-5,7,17H,1-3,6H2,(H2,13,14). The molecule has 1 atom stereocenters. The van der Waals surface area contributed by atoms with Crippen LogP contribution in [0.25, 0.3) is 0 Å². The Hall–Kier alpha value is -1.27. The van der Waals surface area contributed by atoms with Gasteiger partial charge in [-0.05, 0) is 31.4 Å². The first-order chi connectivity index (χ1) is 8.63. The summed E-state index contributed by atoms with van der Waals surface area (Å²) in [5.74, 6) is -0.0195. The molecule has 3 N–H and O–H groups in total. The molecule has 0 saturated carbocycles. The van der Waals surface area contributed by atoms with Gasteiger partial charge in [0.1, 0.15) is 0 Å². The van der Waals surface area contributed by atoms with E-state index in [1.165, 1.54) is 11.3 Å². The van der Waals surface area contributed by atoms with Crippen molar-refractivity contribution in [1.29, 1.82) is 0 Å². The quantitative estimate of drug-likeness (QED) is 0.378. The highest BCUT2D eigenvalue weighted by atomic mass is 35.5. The molecule has 5 nitrogen and oxygen atoms in total. The number of amides is 1. The van der Waals surface area contributed by atoms with Crippen molar-refractivity contribution in [2.45, 2.75) is 25.3 Å². The lowest BCUT2D eigenvalue weighted by Crippen LogP contribution is -2.50. The fourth-order valence-corrected chi connectivity index (χ4v) is 3.12. The Morgan fingerprint density at radius 2 is 2.33 bits per heavy atom. The molecule has 18 heavy (non-hydrogen) atoms. The first-order valence-electron chi connectivity index (χ1n) is 5.67. The molecule has 2 rings (SSSR count). The van der Waals surface area contributed by atoms with Crippen LogP contribution >= 0.6 is 22.9 Å². The SMILES string of the molecule is NC(=NO)C1CCCCN1C(=O)c1ccc(Cl)s1. The van der Waals surface area contributed by atoms with Crippen LogP contribution in [-0.4, -0.2) is 34.4 Å². The topological polar surface area (TPSA) is 78.9 Å². The van der Waals surface area contributed by atoms with Gasteiger partial charge in [0.05, 0.1) is 15.3 Å². The highest BCUT2D eigenvalue weighted by molar-refractivity contribution is 7.17. The summed E-state index contributed by atoms with van der Waals surface area (Å²) in [6.07, 6.45) is 2.62. The molecule has 7 heteroatoms. The number of nitrogens with two attached hydrogens (primary N) is 1. The maximum absolute atomic E-state index is 12.3. The van der Waals surface area contributed by atoms with Crippen LogP contribution in [0, 0.1) is 0 Å². The molecule has 1 saturated heterocycles. The fraction of sp³-hybridized carbons (Fsp3) is 0.455. The summed E-state index contributed by atoms with van der Waals surface area (Å²) in [6.45, 7) is 0.620. The molecule has 0 bridgehead atoms. The van der Waals surface area contributed by atoms with E-state index in [9.17, 15) is 4.79 Å². The van der Waals surface area contributed by atoms with Crippen LogP contribution in [0.5, 0.6) is 0 Å². The molecular formula is C11H14ClN3O2S. The average molecular weight is 288 g/mol. The number of nitrogens with zero attached hydrogens (tertiary/aromatic N) is 2. The van der Waals surface area contributed by atoms with Crippen molar-refractivity contribution in [2.75, 3.05) is 6.54 Å². The molecule has 0 spiro atoms. The molecule has 1 aromatic heterocycles. The summed E-state index contributed by atoms with van der Waals surface area (Å²) >= 11 is 7.07. The summed E-state index contributed by atoms with van der Waals surface area (Å²) in [4.78, 5) is 14.6. The van der Waals surface area contributed by atoms with Gasteiger partial charge >= 0.3 is 0 Å². The summed E-state index contributed by atoms with van der Waals surface area (Å²) in [6, 6.07) is 3.08. The Labute approximate surface area is 114 Å². The number of oxime groups is 1. The van der Waals surface area contributed by atoms with E-state index in [0.717, 1.165) is 19.3 Å². The van der Waals surface area contributed by atoms with Crippen LogP contribution in [0.1, 0.15) is 28.9 Å². The lowest BCUT2D eigenvalue weighted by atomic mass is 10.0. The normalized spacial score (nSPS) is 21.1. The Balaban J connectivity index is 2.21. The molecular weight excluding hydrogens is 274 g/mol. The maximum atomic E-state index is 12.3. The number of hydrogen-bond acceptors (Lipinski definition) is 4. The smallest absolute Gasteiger partial charge is 0.264 e. The molecule has 1 aromatic rings. The number of carbonyl (C=O) groups is 1. The number of rotatable bonds is 2. The predicted octanol–water partition coefficient (Wildman–Crippen LogP) is 2.14. The third-order valence-electron chi connectivity index (χ3n) is 3.00. The molecule has 0 aromatic carbocycles. The summed E-state index contributed by atoms with van der Waals surface area (Å²) < 4.78 is 0.579. The number of piperidine rings is 1. The van der Waals surface area contributed by atoms with Crippen molar-refractivity contribution < 1.29 is 10.0 Å². The lowest BCUT2D eigenvalue weighted by molar-refractivity contribution is 0.0681. The largest absolute Gasteiger partial charge is 0.409 e. The van der Waals surface area contributed by atoms with Gasteiger partial charge in [-0.15, -0.1) is 11.3 Å². The zero-order valence-electron chi connectivity index (χ0n) is 9.67. The molecule has 98 valence electrons. The van der Waals surface area contributed by atoms with Gasteiger partial charge in [-0.25, -0.2) is 0 Å². The summed E-state index contributed by atoms with van der Waals surface area (Å²) in [7, 11) is 0. The van der Waals surface area contributed by atoms with Crippen molar-refractivity contribution in [1.82, 2.24) is 4.90 Å². The number of carbonyl (C=O) groups excluding carboxylic acids is 1. The van der Waals surface area contributed by atoms with Crippen LogP contribution in [0.4, 0.5) is 0 Å². The molecule has 0 radical (unpaired) electrons. The van der Waals surface area contributed by atoms with E-state index >= 15 is 0 Å². The van der Waals surface area contributed by atoms with Crippen molar-refractivity contribution in [2.24, 2.45) is 10.9 Å². The highest BCUT2D eigenvalue weighted by Crippen LogP contribution is 2.26. The van der Waals surface area contributed by atoms with Gasteiger partial charge in [-0.3, -0.25) is 4.79 Å². The highest BCUT2D eigenvalue weighted by Gasteiger charge is 2.31. The monoisotopic (exact) mass is 287 g/mol. The van der Waals surface area contributed by atoms with E-state index in [2.05, 4.69) is 5.16 Å². The molecule has 2 heterocycles. The Bertz CT molecular complexity index is 475. The van der Waals surface area contributed by atoms with Gasteiger partial charge in [0.2, 0.25) is 0 Å². The second kappa shape index (κ2) is 5.58. The summed E-state index contributed by atoms with van der Waals surface area (Å²) in [5, 5.41) is 11.8. The van der Waals surface area contributed by atoms with Crippen molar-refractivity contribution in [3.63, 3.8) is 0 Å². The Kier molecular flexibility index (Phi) is 4.08. The first kappa shape index (κ1) is 13.2. The molecule has 1 unspecified atom stereocenters. The van der Waals surface area contributed by atoms with Crippen LogP contribution in [0.2, 0.25) is 4.34 Å². The zero-order valence-corrected chi connectivity index (χ0v) is 11.2. The molecule has 1 aliphatic rings. The number of hydrogen-bond donors (Lipinski definition) is 2. The van der Waals surface area contributed by atoms with Gasteiger partial charge in [0.25, 0.3) is 5.91 Å². The predicted molar refractivity (Wildman–Crippen MR) is 71.4 cm³/mol. The van der Waals surface area contributed by atoms with Crippen LogP contribution < -0.4 is 5.73 Å².